The van der Waals surface area contributed by atoms with Gasteiger partial charge in [0.15, 0.2) is 0 Å². The van der Waals surface area contributed by atoms with Gasteiger partial charge in [0.2, 0.25) is 0 Å². The molecule has 2 fully saturated rings. The van der Waals surface area contributed by atoms with Gasteiger partial charge in [-0.1, -0.05) is 13.3 Å². The second-order valence-electron chi connectivity index (χ2n) is 5.68. The van der Waals surface area contributed by atoms with Crippen molar-refractivity contribution in [1.82, 2.24) is 5.43 Å². The fourth-order valence-corrected chi connectivity index (χ4v) is 4.20. The maximum Gasteiger partial charge on any atom is 0.272 e. The molecule has 0 spiro atoms. The minimum atomic E-state index is -0.0612. The third-order valence-electron chi connectivity index (χ3n) is 4.22. The van der Waals surface area contributed by atoms with Crippen LogP contribution in [0.5, 0.6) is 0 Å². The zero-order valence-corrected chi connectivity index (χ0v) is 12.1. The van der Waals surface area contributed by atoms with Gasteiger partial charge in [0, 0.05) is 16.0 Å². The highest BCUT2D eigenvalue weighted by molar-refractivity contribution is 7.10. The quantitative estimate of drug-likeness (QED) is 0.839. The number of carbonyl (C=O) groups is 1. The molecule has 1 heterocycles. The van der Waals surface area contributed by atoms with Crippen LogP contribution in [0.2, 0.25) is 0 Å². The first-order valence-corrected chi connectivity index (χ1v) is 8.08. The largest absolute Gasteiger partial charge is 0.272 e. The van der Waals surface area contributed by atoms with Crippen LogP contribution in [0.1, 0.15) is 54.3 Å². The molecule has 3 nitrogen and oxygen atoms in total. The highest BCUT2D eigenvalue weighted by Gasteiger charge is 2.36. The number of hydrogen-bond acceptors (Lipinski definition) is 3. The van der Waals surface area contributed by atoms with E-state index in [0.717, 1.165) is 30.7 Å². The van der Waals surface area contributed by atoms with Gasteiger partial charge in [0.25, 0.3) is 5.91 Å². The van der Waals surface area contributed by atoms with Crippen molar-refractivity contribution >= 4 is 23.0 Å². The Hall–Kier alpha value is -1.16. The van der Waals surface area contributed by atoms with Crippen molar-refractivity contribution in [3.8, 4) is 0 Å². The zero-order valence-electron chi connectivity index (χ0n) is 11.3. The van der Waals surface area contributed by atoms with Crippen LogP contribution in [0, 0.1) is 11.8 Å². The number of rotatable bonds is 4. The van der Waals surface area contributed by atoms with Crippen molar-refractivity contribution < 1.29 is 4.79 Å². The minimum absolute atomic E-state index is 0.0612. The maximum absolute atomic E-state index is 12.0. The van der Waals surface area contributed by atoms with Gasteiger partial charge in [-0.3, -0.25) is 4.79 Å². The molecular formula is C15H20N2OS. The molecule has 2 atom stereocenters. The van der Waals surface area contributed by atoms with Gasteiger partial charge in [0.05, 0.1) is 5.56 Å². The lowest BCUT2D eigenvalue weighted by atomic mass is 9.99. The van der Waals surface area contributed by atoms with Crippen LogP contribution in [0.3, 0.4) is 0 Å². The van der Waals surface area contributed by atoms with Crippen LogP contribution in [-0.4, -0.2) is 11.6 Å². The van der Waals surface area contributed by atoms with Crippen LogP contribution in [-0.2, 0) is 6.42 Å². The zero-order chi connectivity index (χ0) is 13.2. The number of hydrogen-bond donors (Lipinski definition) is 1. The maximum atomic E-state index is 12.0. The third kappa shape index (κ3) is 2.73. The van der Waals surface area contributed by atoms with Gasteiger partial charge >= 0.3 is 0 Å². The van der Waals surface area contributed by atoms with E-state index in [2.05, 4.69) is 17.5 Å². The summed E-state index contributed by atoms with van der Waals surface area (Å²) >= 11 is 1.66. The van der Waals surface area contributed by atoms with Gasteiger partial charge in [0.1, 0.15) is 0 Å². The molecule has 1 N–H and O–H groups in total. The Morgan fingerprint density at radius 1 is 1.53 bits per heavy atom. The van der Waals surface area contributed by atoms with E-state index in [4.69, 9.17) is 0 Å². The molecule has 0 aromatic carbocycles. The van der Waals surface area contributed by atoms with Crippen molar-refractivity contribution in [3.05, 3.63) is 21.9 Å². The number of nitrogens with one attached hydrogen (secondary N) is 1. The number of amides is 1. The van der Waals surface area contributed by atoms with Crippen molar-refractivity contribution in [3.63, 3.8) is 0 Å². The molecule has 1 amide bonds. The molecule has 0 radical (unpaired) electrons. The first-order valence-electron chi connectivity index (χ1n) is 7.20. The molecule has 4 heteroatoms. The van der Waals surface area contributed by atoms with Gasteiger partial charge < -0.3 is 0 Å². The molecule has 0 saturated heterocycles. The molecule has 1 aromatic heterocycles. The highest BCUT2D eigenvalue weighted by atomic mass is 32.1. The monoisotopic (exact) mass is 276 g/mol. The Morgan fingerprint density at radius 3 is 3.11 bits per heavy atom. The SMILES string of the molecule is CCCc1cc(C(=O)N/N=C2/CC3CCC2C3)cs1. The molecule has 102 valence electrons. The Balaban J connectivity index is 1.60. The summed E-state index contributed by atoms with van der Waals surface area (Å²) in [5, 5.41) is 6.29. The average Bonchev–Trinajstić information content (AvgIpc) is 3.12. The Morgan fingerprint density at radius 2 is 2.42 bits per heavy atom. The second kappa shape index (κ2) is 5.45. The number of thiophene rings is 1. The molecular weight excluding hydrogens is 256 g/mol. The van der Waals surface area contributed by atoms with Crippen LogP contribution >= 0.6 is 11.3 Å². The fraction of sp³-hybridized carbons (Fsp3) is 0.600. The summed E-state index contributed by atoms with van der Waals surface area (Å²) in [6, 6.07) is 1.99. The van der Waals surface area contributed by atoms with Crippen LogP contribution in [0.4, 0.5) is 0 Å². The minimum Gasteiger partial charge on any atom is -0.267 e. The molecule has 1 aromatic rings. The Bertz CT molecular complexity index is 506. The van der Waals surface area contributed by atoms with Crippen LogP contribution < -0.4 is 5.43 Å². The summed E-state index contributed by atoms with van der Waals surface area (Å²) in [5.74, 6) is 1.41. The number of nitrogens with zero attached hydrogens (tertiary/aromatic N) is 1. The standard InChI is InChI=1S/C15H20N2OS/c1-2-3-13-8-12(9-19-13)15(18)17-16-14-7-10-4-5-11(14)6-10/h8-11H,2-7H2,1H3,(H,17,18)/b16-14-. The number of fused-ring (bicyclic) bond motifs is 2. The lowest BCUT2D eigenvalue weighted by Crippen LogP contribution is -2.21. The van der Waals surface area contributed by atoms with E-state index < -0.39 is 0 Å². The molecule has 2 aliphatic carbocycles. The molecule has 2 bridgehead atoms. The molecule has 2 aliphatic rings. The number of carbonyl (C=O) groups excluding carboxylic acids is 1. The Kier molecular flexibility index (Phi) is 3.69. The van der Waals surface area contributed by atoms with Crippen molar-refractivity contribution in [2.75, 3.05) is 0 Å². The lowest BCUT2D eigenvalue weighted by molar-refractivity contribution is 0.0955. The molecule has 2 saturated carbocycles. The topological polar surface area (TPSA) is 41.5 Å². The normalized spacial score (nSPS) is 27.1. The van der Waals surface area contributed by atoms with E-state index in [1.54, 1.807) is 11.3 Å². The van der Waals surface area contributed by atoms with Crippen LogP contribution in [0.25, 0.3) is 0 Å². The summed E-state index contributed by atoms with van der Waals surface area (Å²) < 4.78 is 0. The molecule has 0 aliphatic heterocycles. The van der Waals surface area contributed by atoms with E-state index in [9.17, 15) is 4.79 Å². The molecule has 19 heavy (non-hydrogen) atoms. The Labute approximate surface area is 118 Å². The van der Waals surface area contributed by atoms with Crippen molar-refractivity contribution in [2.45, 2.75) is 45.4 Å². The predicted molar refractivity (Wildman–Crippen MR) is 78.7 cm³/mol. The van der Waals surface area contributed by atoms with Crippen LogP contribution in [0.15, 0.2) is 16.5 Å². The van der Waals surface area contributed by atoms with E-state index >= 15 is 0 Å². The molecule has 2 unspecified atom stereocenters. The predicted octanol–water partition coefficient (Wildman–Crippen LogP) is 3.61. The lowest BCUT2D eigenvalue weighted by Gasteiger charge is -2.11. The first kappa shape index (κ1) is 12.9. The number of aryl methyl sites for hydroxylation is 1. The van der Waals surface area contributed by atoms with Gasteiger partial charge in [-0.2, -0.15) is 5.10 Å². The average molecular weight is 276 g/mol. The highest BCUT2D eigenvalue weighted by Crippen LogP contribution is 2.42. The summed E-state index contributed by atoms with van der Waals surface area (Å²) in [4.78, 5) is 13.3. The first-order chi connectivity index (χ1) is 9.26. The van der Waals surface area contributed by atoms with Crippen molar-refractivity contribution in [2.24, 2.45) is 16.9 Å². The fourth-order valence-electron chi connectivity index (χ4n) is 3.23. The second-order valence-corrected chi connectivity index (χ2v) is 6.67. The van der Waals surface area contributed by atoms with E-state index in [1.165, 1.54) is 29.9 Å². The third-order valence-corrected chi connectivity index (χ3v) is 5.22. The summed E-state index contributed by atoms with van der Waals surface area (Å²) in [7, 11) is 0. The van der Waals surface area contributed by atoms with E-state index in [-0.39, 0.29) is 5.91 Å². The van der Waals surface area contributed by atoms with Gasteiger partial charge in [-0.25, -0.2) is 5.43 Å². The summed E-state index contributed by atoms with van der Waals surface area (Å²) in [5.41, 5.74) is 4.70. The van der Waals surface area contributed by atoms with Gasteiger partial charge in [-0.05, 0) is 50.0 Å². The number of hydrazone groups is 1. The van der Waals surface area contributed by atoms with E-state index in [1.807, 2.05) is 11.4 Å². The smallest absolute Gasteiger partial charge is 0.267 e. The van der Waals surface area contributed by atoms with Crippen molar-refractivity contribution in [1.29, 1.82) is 0 Å². The molecule has 3 rings (SSSR count). The van der Waals surface area contributed by atoms with Gasteiger partial charge in [-0.15, -0.1) is 11.3 Å². The van der Waals surface area contributed by atoms with E-state index in [0.29, 0.717) is 5.92 Å². The summed E-state index contributed by atoms with van der Waals surface area (Å²) in [6.45, 7) is 2.15. The summed E-state index contributed by atoms with van der Waals surface area (Å²) in [6.07, 6.45) is 7.16.